The molecule has 0 amide bonds. The quantitative estimate of drug-likeness (QED) is 0.0239. The summed E-state index contributed by atoms with van der Waals surface area (Å²) in [6.45, 7) is 1.50. The lowest BCUT2D eigenvalue weighted by Crippen LogP contribution is -2.67. The van der Waals surface area contributed by atoms with E-state index in [2.05, 4.69) is 0 Å². The lowest BCUT2D eigenvalue weighted by atomic mass is 9.77. The van der Waals surface area contributed by atoms with Gasteiger partial charge in [0.15, 0.2) is 24.0 Å². The molecule has 1 heterocycles. The number of rotatable bonds is 15. The highest BCUT2D eigenvalue weighted by molar-refractivity contribution is 6.31. The molecular weight excluding hydrogens is 794 g/mol. The monoisotopic (exact) mass is 841 g/mol. The molecule has 5 atom stereocenters. The topological polar surface area (TPSA) is 284 Å². The van der Waals surface area contributed by atoms with Crippen LogP contribution in [0.1, 0.15) is 108 Å². The molecule has 4 aromatic carbocycles. The fourth-order valence-electron chi connectivity index (χ4n) is 7.71. The Morgan fingerprint density at radius 1 is 0.902 bits per heavy atom. The molecule has 1 fully saturated rings. The first-order valence-electron chi connectivity index (χ1n) is 19.5. The van der Waals surface area contributed by atoms with Gasteiger partial charge in [0.2, 0.25) is 12.1 Å². The van der Waals surface area contributed by atoms with Gasteiger partial charge in [0.1, 0.15) is 23.4 Å². The smallest absolute Gasteiger partial charge is 0.308 e. The Morgan fingerprint density at radius 2 is 1.61 bits per heavy atom. The van der Waals surface area contributed by atoms with Crippen molar-refractivity contribution in [2.75, 3.05) is 6.54 Å². The third-order valence-corrected chi connectivity index (χ3v) is 10.8. The van der Waals surface area contributed by atoms with E-state index in [1.54, 1.807) is 24.3 Å². The van der Waals surface area contributed by atoms with Crippen molar-refractivity contribution >= 4 is 36.0 Å². The summed E-state index contributed by atoms with van der Waals surface area (Å²) in [5.41, 5.74) is 5.52. The first kappa shape index (κ1) is 44.9. The maximum atomic E-state index is 14.9. The van der Waals surface area contributed by atoms with Gasteiger partial charge in [-0.3, -0.25) is 19.2 Å². The second-order valence-corrected chi connectivity index (χ2v) is 15.0. The molecule has 16 heteroatoms. The van der Waals surface area contributed by atoms with Gasteiger partial charge in [-0.15, -0.1) is 0 Å². The Kier molecular flexibility index (Phi) is 13.6. The van der Waals surface area contributed by atoms with E-state index in [1.165, 1.54) is 37.3 Å². The van der Waals surface area contributed by atoms with Crippen LogP contribution in [0.25, 0.3) is 12.2 Å². The molecule has 61 heavy (non-hydrogen) atoms. The van der Waals surface area contributed by atoms with E-state index in [9.17, 15) is 60.0 Å². The predicted molar refractivity (Wildman–Crippen MR) is 217 cm³/mol. The number of ether oxygens (including phenoxy) is 3. The SMILES string of the molecule is CC(=O)Oc1cc(CO)c2c(c1/C=C/c1cccc(C[C@H](O)CCCN)c1)C(=O)c1cc(O[C@H]3O[C@@H](C)[C@@H](O)C(O)(O)[C@H]3O)c(Cc3cccc(CO)c3C=O)c(O)c1C2=O. The molecule has 1 aliphatic carbocycles. The molecule has 2 aliphatic rings. The molecule has 0 unspecified atom stereocenters. The van der Waals surface area contributed by atoms with Crippen molar-refractivity contribution in [3.05, 3.63) is 121 Å². The van der Waals surface area contributed by atoms with Crippen LogP contribution in [0.3, 0.4) is 0 Å². The number of benzene rings is 4. The molecule has 0 bridgehead atoms. The average molecular weight is 842 g/mol. The number of phenolic OH excluding ortho intramolecular Hbond substituents is 1. The van der Waals surface area contributed by atoms with E-state index < -0.39 is 89.9 Å². The molecule has 0 spiro atoms. The number of aliphatic hydroxyl groups excluding tert-OH is 5. The number of fused-ring (bicyclic) bond motifs is 2. The van der Waals surface area contributed by atoms with Crippen molar-refractivity contribution < 1.29 is 74.2 Å². The Hall–Kier alpha value is -5.66. The highest BCUT2D eigenvalue weighted by atomic mass is 16.7. The van der Waals surface area contributed by atoms with Crippen molar-refractivity contribution in [3.63, 3.8) is 0 Å². The van der Waals surface area contributed by atoms with Crippen LogP contribution in [-0.2, 0) is 35.6 Å². The van der Waals surface area contributed by atoms with Crippen LogP contribution in [0, 0.1) is 0 Å². The maximum Gasteiger partial charge on any atom is 0.308 e. The molecule has 0 radical (unpaired) electrons. The zero-order chi connectivity index (χ0) is 44.3. The van der Waals surface area contributed by atoms with E-state index in [0.29, 0.717) is 37.7 Å². The summed E-state index contributed by atoms with van der Waals surface area (Å²) in [6.07, 6.45) is -3.61. The van der Waals surface area contributed by atoms with Crippen molar-refractivity contribution in [2.45, 2.75) is 89.2 Å². The Balaban J connectivity index is 1.54. The minimum atomic E-state index is -3.15. The molecule has 0 saturated carbocycles. The number of carbonyl (C=O) groups excluding carboxylic acids is 4. The lowest BCUT2D eigenvalue weighted by Gasteiger charge is -2.44. The number of hydrogen-bond acceptors (Lipinski definition) is 16. The van der Waals surface area contributed by atoms with E-state index in [-0.39, 0.29) is 56.7 Å². The number of aromatic hydroxyl groups is 1. The number of aldehydes is 1. The number of phenols is 1. The zero-order valence-electron chi connectivity index (χ0n) is 33.3. The third kappa shape index (κ3) is 8.90. The number of ketones is 2. The number of esters is 1. The second-order valence-electron chi connectivity index (χ2n) is 15.0. The molecule has 4 aromatic rings. The van der Waals surface area contributed by atoms with Crippen LogP contribution in [-0.4, -0.2) is 108 Å². The summed E-state index contributed by atoms with van der Waals surface area (Å²) >= 11 is 0. The second kappa shape index (κ2) is 18.5. The molecule has 1 saturated heterocycles. The van der Waals surface area contributed by atoms with Crippen molar-refractivity contribution in [2.24, 2.45) is 5.73 Å². The van der Waals surface area contributed by atoms with Crippen LogP contribution < -0.4 is 15.2 Å². The van der Waals surface area contributed by atoms with Crippen LogP contribution in [0.15, 0.2) is 54.6 Å². The highest BCUT2D eigenvalue weighted by Gasteiger charge is 2.54. The number of nitrogens with two attached hydrogens (primary N) is 1. The lowest BCUT2D eigenvalue weighted by molar-refractivity contribution is -0.371. The number of carbonyl (C=O) groups is 4. The Bertz CT molecular complexity index is 2390. The van der Waals surface area contributed by atoms with Gasteiger partial charge >= 0.3 is 5.97 Å². The molecular formula is C45H47NO15. The van der Waals surface area contributed by atoms with E-state index >= 15 is 0 Å². The van der Waals surface area contributed by atoms with Gasteiger partial charge in [-0.05, 0) is 78.8 Å². The summed E-state index contributed by atoms with van der Waals surface area (Å²) in [6, 6.07) is 14.0. The van der Waals surface area contributed by atoms with Crippen LogP contribution in [0.4, 0.5) is 0 Å². The van der Waals surface area contributed by atoms with Crippen LogP contribution in [0.5, 0.6) is 17.2 Å². The highest BCUT2D eigenvalue weighted by Crippen LogP contribution is 2.45. The number of hydrogen-bond donors (Lipinski definition) is 9. The fourth-order valence-corrected chi connectivity index (χ4v) is 7.71. The summed E-state index contributed by atoms with van der Waals surface area (Å²) in [4.78, 5) is 54.2. The Morgan fingerprint density at radius 3 is 2.28 bits per heavy atom. The standard InChI is InChI=1S/C45H47NO15/c1-22-42(55)45(57,58)43(56)44(59-22)61-35-18-32-38(39(52)31(35)16-26-8-4-9-27(19-47)33(26)21-49)41(54)36-28(20-48)17-34(60-23(2)50)30(37(36)40(32)53)12-11-24-6-3-7-25(14-24)15-29(51)10-5-13-46/h3-4,6-9,11-12,14,17-18,21-22,29,42-44,47-48,51-52,55-58H,5,10,13,15-16,19-20,46H2,1-2H3/b12-11+/t22-,29+,42+,43-,44+/m0/s1. The first-order valence-corrected chi connectivity index (χ1v) is 19.5. The molecule has 322 valence electrons. The minimum absolute atomic E-state index is 0.0403. The summed E-state index contributed by atoms with van der Waals surface area (Å²) in [7, 11) is 0. The first-order chi connectivity index (χ1) is 29.0. The van der Waals surface area contributed by atoms with Gasteiger partial charge in [0, 0.05) is 46.7 Å². The summed E-state index contributed by atoms with van der Waals surface area (Å²) in [5, 5.41) is 85.4. The van der Waals surface area contributed by atoms with Gasteiger partial charge in [-0.2, -0.15) is 0 Å². The molecule has 6 rings (SSSR count). The van der Waals surface area contributed by atoms with E-state index in [1.807, 2.05) is 6.07 Å². The minimum Gasteiger partial charge on any atom is -0.507 e. The van der Waals surface area contributed by atoms with Crippen LogP contribution >= 0.6 is 0 Å². The van der Waals surface area contributed by atoms with Gasteiger partial charge in [0.05, 0.1) is 31.0 Å². The molecule has 16 nitrogen and oxygen atoms in total. The van der Waals surface area contributed by atoms with Gasteiger partial charge in [0.25, 0.3) is 0 Å². The van der Waals surface area contributed by atoms with Crippen molar-refractivity contribution in [1.82, 2.24) is 0 Å². The van der Waals surface area contributed by atoms with Gasteiger partial charge in [-0.25, -0.2) is 0 Å². The third-order valence-electron chi connectivity index (χ3n) is 10.8. The normalized spacial score (nSPS) is 20.0. The zero-order valence-corrected chi connectivity index (χ0v) is 33.3. The average Bonchev–Trinajstić information content (AvgIpc) is 3.23. The van der Waals surface area contributed by atoms with Gasteiger partial charge in [-0.1, -0.05) is 48.5 Å². The largest absolute Gasteiger partial charge is 0.507 e. The number of aliphatic hydroxyl groups is 7. The van der Waals surface area contributed by atoms with E-state index in [4.69, 9.17) is 19.9 Å². The molecule has 1 aliphatic heterocycles. The van der Waals surface area contributed by atoms with Crippen molar-refractivity contribution in [3.8, 4) is 17.2 Å². The Labute approximate surface area is 349 Å². The fraction of sp³-hybridized carbons (Fsp3) is 0.333. The van der Waals surface area contributed by atoms with Crippen LogP contribution in [0.2, 0.25) is 0 Å². The van der Waals surface area contributed by atoms with E-state index in [0.717, 1.165) is 18.6 Å². The maximum absolute atomic E-state index is 14.9. The summed E-state index contributed by atoms with van der Waals surface area (Å²) in [5.74, 6) is -7.17. The summed E-state index contributed by atoms with van der Waals surface area (Å²) < 4.78 is 17.1. The molecule has 10 N–H and O–H groups in total. The predicted octanol–water partition coefficient (Wildman–Crippen LogP) is 1.82. The van der Waals surface area contributed by atoms with Crippen molar-refractivity contribution in [1.29, 1.82) is 0 Å². The van der Waals surface area contributed by atoms with Gasteiger partial charge < -0.3 is 60.8 Å². The molecule has 0 aromatic heterocycles.